The van der Waals surface area contributed by atoms with Gasteiger partial charge in [-0.2, -0.15) is 0 Å². The lowest BCUT2D eigenvalue weighted by Crippen LogP contribution is -2.57. The maximum atomic E-state index is 9.76. The molecule has 3 aliphatic rings. The lowest BCUT2D eigenvalue weighted by atomic mass is 9.39. The maximum absolute atomic E-state index is 9.76. The number of aliphatic hydroxyl groups is 1. The molecule has 1 heteroatoms. The monoisotopic (exact) mass is 180 g/mol. The number of hydrogen-bond donors (Lipinski definition) is 1. The van der Waals surface area contributed by atoms with Crippen molar-refractivity contribution in [3.63, 3.8) is 0 Å². The molecule has 3 saturated carbocycles. The second-order valence-corrected chi connectivity index (χ2v) is 5.66. The van der Waals surface area contributed by atoms with Gasteiger partial charge >= 0.3 is 0 Å². The first kappa shape index (κ1) is 8.28. The Morgan fingerprint density at radius 2 is 1.54 bits per heavy atom. The molecule has 0 aromatic heterocycles. The van der Waals surface area contributed by atoms with E-state index >= 15 is 0 Å². The highest BCUT2D eigenvalue weighted by molar-refractivity contribution is 5.11. The standard InChI is InChI=1S/C12H20O/c13-10-3-6-11-4-1-2-5-12(11,9-10)8-7-11/h10,13H,1-9H2/t10-,11+,12-/m1/s1. The van der Waals surface area contributed by atoms with E-state index in [1.807, 2.05) is 0 Å². The second kappa shape index (κ2) is 2.50. The summed E-state index contributed by atoms with van der Waals surface area (Å²) in [5.74, 6) is 0. The molecule has 0 bridgehead atoms. The van der Waals surface area contributed by atoms with Gasteiger partial charge in [0, 0.05) is 0 Å². The Morgan fingerprint density at radius 3 is 2.23 bits per heavy atom. The van der Waals surface area contributed by atoms with Crippen LogP contribution in [0.4, 0.5) is 0 Å². The number of aliphatic hydroxyl groups excluding tert-OH is 1. The number of hydrogen-bond acceptors (Lipinski definition) is 1. The van der Waals surface area contributed by atoms with Gasteiger partial charge in [0.05, 0.1) is 6.10 Å². The fourth-order valence-corrected chi connectivity index (χ4v) is 4.47. The molecular formula is C12H20O. The Balaban J connectivity index is 1.89. The first-order valence-electron chi connectivity index (χ1n) is 5.95. The van der Waals surface area contributed by atoms with Crippen molar-refractivity contribution in [2.75, 3.05) is 0 Å². The summed E-state index contributed by atoms with van der Waals surface area (Å²) >= 11 is 0. The smallest absolute Gasteiger partial charge is 0.0546 e. The van der Waals surface area contributed by atoms with Gasteiger partial charge in [-0.3, -0.25) is 0 Å². The molecule has 3 rings (SSSR count). The topological polar surface area (TPSA) is 20.2 Å². The van der Waals surface area contributed by atoms with Crippen LogP contribution in [0.2, 0.25) is 0 Å². The molecule has 0 aromatic rings. The first-order chi connectivity index (χ1) is 6.27. The Morgan fingerprint density at radius 1 is 0.846 bits per heavy atom. The molecule has 0 radical (unpaired) electrons. The van der Waals surface area contributed by atoms with Gasteiger partial charge in [-0.15, -0.1) is 0 Å². The zero-order valence-electron chi connectivity index (χ0n) is 8.39. The maximum Gasteiger partial charge on any atom is 0.0546 e. The predicted molar refractivity (Wildman–Crippen MR) is 52.4 cm³/mol. The fraction of sp³-hybridized carbons (Fsp3) is 1.00. The van der Waals surface area contributed by atoms with Crippen LogP contribution in [-0.2, 0) is 0 Å². The summed E-state index contributed by atoms with van der Waals surface area (Å²) in [7, 11) is 0. The molecule has 0 spiro atoms. The molecular weight excluding hydrogens is 160 g/mol. The van der Waals surface area contributed by atoms with Crippen molar-refractivity contribution in [2.45, 2.75) is 63.9 Å². The zero-order chi connectivity index (χ0) is 8.94. The van der Waals surface area contributed by atoms with Crippen LogP contribution in [0.3, 0.4) is 0 Å². The Hall–Kier alpha value is -0.0400. The average molecular weight is 180 g/mol. The second-order valence-electron chi connectivity index (χ2n) is 5.66. The van der Waals surface area contributed by atoms with Gasteiger partial charge in [0.25, 0.3) is 0 Å². The van der Waals surface area contributed by atoms with E-state index in [1.54, 1.807) is 0 Å². The van der Waals surface area contributed by atoms with Crippen LogP contribution in [0, 0.1) is 10.8 Å². The molecule has 0 amide bonds. The van der Waals surface area contributed by atoms with Crippen molar-refractivity contribution in [1.82, 2.24) is 0 Å². The van der Waals surface area contributed by atoms with Crippen molar-refractivity contribution in [3.05, 3.63) is 0 Å². The first-order valence-corrected chi connectivity index (χ1v) is 5.95. The van der Waals surface area contributed by atoms with Gasteiger partial charge in [-0.05, 0) is 55.8 Å². The lowest BCUT2D eigenvalue weighted by Gasteiger charge is -2.66. The summed E-state index contributed by atoms with van der Waals surface area (Å²) in [4.78, 5) is 0. The van der Waals surface area contributed by atoms with Crippen LogP contribution in [0.1, 0.15) is 57.8 Å². The van der Waals surface area contributed by atoms with Gasteiger partial charge in [-0.25, -0.2) is 0 Å². The van der Waals surface area contributed by atoms with E-state index < -0.39 is 0 Å². The molecule has 74 valence electrons. The minimum atomic E-state index is 0.0338. The molecule has 13 heavy (non-hydrogen) atoms. The van der Waals surface area contributed by atoms with Gasteiger partial charge in [-0.1, -0.05) is 12.8 Å². The van der Waals surface area contributed by atoms with Crippen LogP contribution in [0.5, 0.6) is 0 Å². The third kappa shape index (κ3) is 0.918. The Bertz CT molecular complexity index is 225. The summed E-state index contributed by atoms with van der Waals surface area (Å²) < 4.78 is 0. The summed E-state index contributed by atoms with van der Waals surface area (Å²) in [6, 6.07) is 0. The summed E-state index contributed by atoms with van der Waals surface area (Å²) in [6.45, 7) is 0. The van der Waals surface area contributed by atoms with E-state index in [1.165, 1.54) is 44.9 Å². The minimum absolute atomic E-state index is 0.0338. The summed E-state index contributed by atoms with van der Waals surface area (Å²) in [5, 5.41) is 9.76. The van der Waals surface area contributed by atoms with Crippen LogP contribution in [0.15, 0.2) is 0 Å². The molecule has 3 fully saturated rings. The predicted octanol–water partition coefficient (Wildman–Crippen LogP) is 2.87. The SMILES string of the molecule is O[C@@H]1CC[C@]23CCCC[C@@]2(CC3)C1. The van der Waals surface area contributed by atoms with E-state index in [9.17, 15) is 5.11 Å². The molecule has 0 heterocycles. The van der Waals surface area contributed by atoms with Crippen molar-refractivity contribution >= 4 is 0 Å². The quantitative estimate of drug-likeness (QED) is 0.607. The number of rotatable bonds is 0. The zero-order valence-corrected chi connectivity index (χ0v) is 8.39. The largest absolute Gasteiger partial charge is 0.393 e. The van der Waals surface area contributed by atoms with Gasteiger partial charge in [0.1, 0.15) is 0 Å². The highest BCUT2D eigenvalue weighted by Gasteiger charge is 2.60. The third-order valence-electron chi connectivity index (χ3n) is 5.35. The van der Waals surface area contributed by atoms with Crippen molar-refractivity contribution in [1.29, 1.82) is 0 Å². The highest BCUT2D eigenvalue weighted by Crippen LogP contribution is 2.70. The minimum Gasteiger partial charge on any atom is -0.393 e. The van der Waals surface area contributed by atoms with E-state index in [4.69, 9.17) is 0 Å². The summed E-state index contributed by atoms with van der Waals surface area (Å²) in [5.41, 5.74) is 1.33. The molecule has 0 aliphatic heterocycles. The molecule has 3 aliphatic carbocycles. The van der Waals surface area contributed by atoms with Gasteiger partial charge in [0.15, 0.2) is 0 Å². The molecule has 3 atom stereocenters. The third-order valence-corrected chi connectivity index (χ3v) is 5.35. The van der Waals surface area contributed by atoms with Crippen LogP contribution in [0.25, 0.3) is 0 Å². The average Bonchev–Trinajstić information content (AvgIpc) is 2.11. The van der Waals surface area contributed by atoms with Gasteiger partial charge in [0.2, 0.25) is 0 Å². The van der Waals surface area contributed by atoms with Crippen molar-refractivity contribution in [3.8, 4) is 0 Å². The molecule has 0 aromatic carbocycles. The molecule has 1 nitrogen and oxygen atoms in total. The summed E-state index contributed by atoms with van der Waals surface area (Å²) in [6.07, 6.45) is 12.2. The van der Waals surface area contributed by atoms with E-state index in [-0.39, 0.29) is 6.10 Å². The molecule has 1 N–H and O–H groups in total. The van der Waals surface area contributed by atoms with E-state index in [2.05, 4.69) is 0 Å². The Labute approximate surface area is 80.5 Å². The van der Waals surface area contributed by atoms with Crippen molar-refractivity contribution in [2.24, 2.45) is 10.8 Å². The fourth-order valence-electron chi connectivity index (χ4n) is 4.47. The highest BCUT2D eigenvalue weighted by atomic mass is 16.3. The van der Waals surface area contributed by atoms with Crippen molar-refractivity contribution < 1.29 is 5.11 Å². The lowest BCUT2D eigenvalue weighted by molar-refractivity contribution is -0.175. The molecule has 0 saturated heterocycles. The van der Waals surface area contributed by atoms with Crippen LogP contribution >= 0.6 is 0 Å². The normalized spacial score (nSPS) is 54.7. The Kier molecular flexibility index (Phi) is 1.59. The van der Waals surface area contributed by atoms with E-state index in [0.717, 1.165) is 12.8 Å². The molecule has 0 unspecified atom stereocenters. The van der Waals surface area contributed by atoms with Crippen LogP contribution in [-0.4, -0.2) is 11.2 Å². The van der Waals surface area contributed by atoms with E-state index in [0.29, 0.717) is 10.8 Å². The van der Waals surface area contributed by atoms with Crippen LogP contribution < -0.4 is 0 Å². The van der Waals surface area contributed by atoms with Gasteiger partial charge < -0.3 is 5.11 Å².